The lowest BCUT2D eigenvalue weighted by molar-refractivity contribution is -0.0753. The molecule has 1 atom stereocenters. The minimum Gasteiger partial charge on any atom is -0.477 e. The van der Waals surface area contributed by atoms with E-state index < -0.39 is 5.97 Å². The zero-order valence-corrected chi connectivity index (χ0v) is 12.1. The van der Waals surface area contributed by atoms with Gasteiger partial charge in [-0.25, -0.2) is 4.79 Å². The molecule has 6 heteroatoms. The van der Waals surface area contributed by atoms with E-state index in [1.165, 1.54) is 0 Å². The summed E-state index contributed by atoms with van der Waals surface area (Å²) in [6.45, 7) is 9.07. The molecule has 2 rings (SSSR count). The number of hydrogen-bond acceptors (Lipinski definition) is 4. The lowest BCUT2D eigenvalue weighted by Gasteiger charge is -2.42. The molecular weight excluding hydrogens is 246 g/mol. The molecule has 1 saturated heterocycles. The Kier molecular flexibility index (Phi) is 3.30. The van der Waals surface area contributed by atoms with Crippen LogP contribution in [0.2, 0.25) is 0 Å². The number of nitrogens with zero attached hydrogens (tertiary/aromatic N) is 3. The summed E-state index contributed by atoms with van der Waals surface area (Å²) in [5, 5.41) is 13.6. The topological polar surface area (TPSA) is 67.6 Å². The van der Waals surface area contributed by atoms with Crippen LogP contribution in [-0.2, 0) is 11.8 Å². The number of aromatic carboxylic acids is 1. The number of hydrogen-bond donors (Lipinski definition) is 1. The van der Waals surface area contributed by atoms with Crippen LogP contribution in [0.15, 0.2) is 0 Å². The van der Waals surface area contributed by atoms with Gasteiger partial charge in [-0.15, -0.1) is 0 Å². The van der Waals surface area contributed by atoms with Crippen LogP contribution in [0.5, 0.6) is 0 Å². The van der Waals surface area contributed by atoms with Crippen molar-refractivity contribution in [2.75, 3.05) is 18.0 Å². The van der Waals surface area contributed by atoms with Crippen LogP contribution in [0, 0.1) is 6.92 Å². The van der Waals surface area contributed by atoms with Gasteiger partial charge in [0.2, 0.25) is 0 Å². The number of ether oxygens (including phenoxy) is 1. The molecule has 19 heavy (non-hydrogen) atoms. The summed E-state index contributed by atoms with van der Waals surface area (Å²) < 4.78 is 7.50. The molecule has 106 valence electrons. The van der Waals surface area contributed by atoms with Crippen molar-refractivity contribution in [2.24, 2.45) is 7.05 Å². The molecule has 6 nitrogen and oxygen atoms in total. The fraction of sp³-hybridized carbons (Fsp3) is 0.692. The SMILES string of the molecule is Cc1nn(C)c(N2CC(C)OC(C)(C)C2)c1C(=O)O. The maximum absolute atomic E-state index is 11.4. The Labute approximate surface area is 113 Å². The molecule has 0 bridgehead atoms. The summed E-state index contributed by atoms with van der Waals surface area (Å²) >= 11 is 0. The molecule has 1 N–H and O–H groups in total. The summed E-state index contributed by atoms with van der Waals surface area (Å²) in [7, 11) is 1.78. The van der Waals surface area contributed by atoms with E-state index in [-0.39, 0.29) is 17.3 Å². The molecule has 0 amide bonds. The van der Waals surface area contributed by atoms with Crippen LogP contribution >= 0.6 is 0 Å². The van der Waals surface area contributed by atoms with Crippen molar-refractivity contribution in [3.8, 4) is 0 Å². The standard InChI is InChI=1S/C13H21N3O3/c1-8-6-16(7-13(3,4)19-8)11-10(12(17)18)9(2)14-15(11)5/h8H,6-7H2,1-5H3,(H,17,18). The predicted molar refractivity (Wildman–Crippen MR) is 71.7 cm³/mol. The van der Waals surface area contributed by atoms with Crippen molar-refractivity contribution >= 4 is 11.8 Å². The first-order valence-corrected chi connectivity index (χ1v) is 6.41. The van der Waals surface area contributed by atoms with E-state index in [4.69, 9.17) is 4.74 Å². The maximum atomic E-state index is 11.4. The van der Waals surface area contributed by atoms with Gasteiger partial charge in [-0.05, 0) is 27.7 Å². The van der Waals surface area contributed by atoms with Gasteiger partial charge in [-0.2, -0.15) is 5.10 Å². The van der Waals surface area contributed by atoms with Crippen LogP contribution in [0.1, 0.15) is 36.8 Å². The van der Waals surface area contributed by atoms with Crippen LogP contribution in [0.4, 0.5) is 5.82 Å². The number of carbonyl (C=O) groups is 1. The fourth-order valence-corrected chi connectivity index (χ4v) is 2.87. The second-order valence-electron chi connectivity index (χ2n) is 5.78. The van der Waals surface area contributed by atoms with E-state index in [1.54, 1.807) is 18.7 Å². The molecule has 0 aromatic carbocycles. The number of rotatable bonds is 2. The highest BCUT2D eigenvalue weighted by Crippen LogP contribution is 2.29. The zero-order chi connectivity index (χ0) is 14.4. The summed E-state index contributed by atoms with van der Waals surface area (Å²) in [4.78, 5) is 13.5. The first kappa shape index (κ1) is 13.9. The van der Waals surface area contributed by atoms with E-state index in [0.29, 0.717) is 24.6 Å². The molecule has 1 unspecified atom stereocenters. The lowest BCUT2D eigenvalue weighted by Crippen LogP contribution is -2.52. The van der Waals surface area contributed by atoms with Crippen LogP contribution in [0.3, 0.4) is 0 Å². The molecule has 1 aliphatic heterocycles. The highest BCUT2D eigenvalue weighted by Gasteiger charge is 2.35. The van der Waals surface area contributed by atoms with E-state index in [0.717, 1.165) is 0 Å². The van der Waals surface area contributed by atoms with E-state index in [2.05, 4.69) is 10.00 Å². The highest BCUT2D eigenvalue weighted by molar-refractivity contribution is 5.94. The van der Waals surface area contributed by atoms with E-state index in [9.17, 15) is 9.90 Å². The van der Waals surface area contributed by atoms with Gasteiger partial charge >= 0.3 is 5.97 Å². The number of anilines is 1. The molecule has 1 aliphatic rings. The number of carboxylic acid groups (broad SMARTS) is 1. The van der Waals surface area contributed by atoms with Gasteiger partial charge in [0.05, 0.1) is 17.4 Å². The molecule has 1 aromatic rings. The van der Waals surface area contributed by atoms with Crippen LogP contribution < -0.4 is 4.90 Å². The third-order valence-electron chi connectivity index (χ3n) is 3.27. The van der Waals surface area contributed by atoms with Gasteiger partial charge in [0, 0.05) is 20.1 Å². The Morgan fingerprint density at radius 1 is 1.53 bits per heavy atom. The Hall–Kier alpha value is -1.56. The second-order valence-corrected chi connectivity index (χ2v) is 5.78. The van der Waals surface area contributed by atoms with Gasteiger partial charge in [0.15, 0.2) is 0 Å². The lowest BCUT2D eigenvalue weighted by atomic mass is 10.0. The third-order valence-corrected chi connectivity index (χ3v) is 3.27. The number of carboxylic acids is 1. The highest BCUT2D eigenvalue weighted by atomic mass is 16.5. The fourth-order valence-electron chi connectivity index (χ4n) is 2.87. The zero-order valence-electron chi connectivity index (χ0n) is 12.1. The number of aromatic nitrogens is 2. The number of aryl methyl sites for hydroxylation is 2. The smallest absolute Gasteiger partial charge is 0.341 e. The van der Waals surface area contributed by atoms with Crippen molar-refractivity contribution in [1.82, 2.24) is 9.78 Å². The van der Waals surface area contributed by atoms with Crippen molar-refractivity contribution in [1.29, 1.82) is 0 Å². The monoisotopic (exact) mass is 267 g/mol. The molecule has 1 aromatic heterocycles. The summed E-state index contributed by atoms with van der Waals surface area (Å²) in [5.74, 6) is -0.272. The minimum atomic E-state index is -0.933. The summed E-state index contributed by atoms with van der Waals surface area (Å²) in [5.41, 5.74) is 0.528. The van der Waals surface area contributed by atoms with Gasteiger partial charge in [-0.3, -0.25) is 4.68 Å². The van der Waals surface area contributed by atoms with E-state index >= 15 is 0 Å². The van der Waals surface area contributed by atoms with Gasteiger partial charge < -0.3 is 14.7 Å². The Balaban J connectivity index is 2.44. The van der Waals surface area contributed by atoms with Crippen molar-refractivity contribution in [3.63, 3.8) is 0 Å². The largest absolute Gasteiger partial charge is 0.477 e. The molecular formula is C13H21N3O3. The molecule has 2 heterocycles. The average molecular weight is 267 g/mol. The number of morpholine rings is 1. The second kappa shape index (κ2) is 4.52. The van der Waals surface area contributed by atoms with Crippen LogP contribution in [-0.4, -0.2) is 45.7 Å². The van der Waals surface area contributed by atoms with Crippen molar-refractivity contribution in [3.05, 3.63) is 11.3 Å². The van der Waals surface area contributed by atoms with Gasteiger partial charge in [0.25, 0.3) is 0 Å². The van der Waals surface area contributed by atoms with E-state index in [1.807, 2.05) is 20.8 Å². The quantitative estimate of drug-likeness (QED) is 0.878. The van der Waals surface area contributed by atoms with Gasteiger partial charge in [-0.1, -0.05) is 0 Å². The van der Waals surface area contributed by atoms with Gasteiger partial charge in [0.1, 0.15) is 11.4 Å². The summed E-state index contributed by atoms with van der Waals surface area (Å²) in [6, 6.07) is 0. The Bertz CT molecular complexity index is 507. The molecule has 0 radical (unpaired) electrons. The normalized spacial score (nSPS) is 22.6. The summed E-state index contributed by atoms with van der Waals surface area (Å²) in [6.07, 6.45) is 0.0561. The molecule has 0 aliphatic carbocycles. The first-order chi connectivity index (χ1) is 8.71. The molecule has 1 fully saturated rings. The Morgan fingerprint density at radius 2 is 2.16 bits per heavy atom. The predicted octanol–water partition coefficient (Wildman–Crippen LogP) is 1.43. The Morgan fingerprint density at radius 3 is 2.68 bits per heavy atom. The maximum Gasteiger partial charge on any atom is 0.341 e. The van der Waals surface area contributed by atoms with Crippen molar-refractivity contribution < 1.29 is 14.6 Å². The first-order valence-electron chi connectivity index (χ1n) is 6.41. The average Bonchev–Trinajstić information content (AvgIpc) is 2.50. The molecule has 0 saturated carbocycles. The minimum absolute atomic E-state index is 0.0561. The molecule has 0 spiro atoms. The van der Waals surface area contributed by atoms with Crippen LogP contribution in [0.25, 0.3) is 0 Å². The third kappa shape index (κ3) is 2.58. The van der Waals surface area contributed by atoms with Crippen molar-refractivity contribution in [2.45, 2.75) is 39.4 Å².